The van der Waals surface area contributed by atoms with Crippen molar-refractivity contribution in [3.8, 4) is 0 Å². The third-order valence-corrected chi connectivity index (χ3v) is 9.93. The summed E-state index contributed by atoms with van der Waals surface area (Å²) in [7, 11) is 0. The maximum absolute atomic E-state index is 15.0. The Bertz CT molecular complexity index is 1770. The average Bonchev–Trinajstić information content (AvgIpc) is 3.75. The fraction of sp³-hybridized carbons (Fsp3) is 0.368. The number of unbranched alkanes of at least 4 members (excludes halogenated alkanes) is 1. The lowest BCUT2D eigenvalue weighted by atomic mass is 9.74. The Balaban J connectivity index is 1.31. The van der Waals surface area contributed by atoms with Gasteiger partial charge in [0.2, 0.25) is 11.8 Å². The summed E-state index contributed by atoms with van der Waals surface area (Å²) < 4.78 is 12.2. The molecule has 3 amide bonds. The first-order valence-corrected chi connectivity index (χ1v) is 16.7. The molecule has 2 fully saturated rings. The number of cyclic esters (lactones) is 1. The Morgan fingerprint density at radius 3 is 2.50 bits per heavy atom. The van der Waals surface area contributed by atoms with E-state index in [9.17, 15) is 24.3 Å². The van der Waals surface area contributed by atoms with Crippen molar-refractivity contribution >= 4 is 40.2 Å². The first-order valence-electron chi connectivity index (χ1n) is 16.7. The third-order valence-electron chi connectivity index (χ3n) is 9.93. The molecule has 248 valence electrons. The van der Waals surface area contributed by atoms with Crippen LogP contribution in [0.15, 0.2) is 97.1 Å². The molecule has 6 atom stereocenters. The third kappa shape index (κ3) is 5.69. The minimum Gasteiger partial charge on any atom is -0.463 e. The molecule has 48 heavy (non-hydrogen) atoms. The molecule has 7 rings (SSSR count). The molecule has 0 unspecified atom stereocenters. The molecular formula is C38H39N3O7. The van der Waals surface area contributed by atoms with Gasteiger partial charge in [0, 0.05) is 31.8 Å². The second-order valence-electron chi connectivity index (χ2n) is 12.8. The number of amides is 3. The van der Waals surface area contributed by atoms with Gasteiger partial charge < -0.3 is 29.7 Å². The van der Waals surface area contributed by atoms with E-state index in [1.165, 1.54) is 0 Å². The first kappa shape index (κ1) is 31.8. The van der Waals surface area contributed by atoms with E-state index < -0.39 is 47.5 Å². The minimum atomic E-state index is -1.35. The van der Waals surface area contributed by atoms with Gasteiger partial charge in [0.15, 0.2) is 0 Å². The molecule has 0 radical (unpaired) electrons. The van der Waals surface area contributed by atoms with Crippen LogP contribution >= 0.6 is 0 Å². The molecule has 10 nitrogen and oxygen atoms in total. The van der Waals surface area contributed by atoms with Gasteiger partial charge in [-0.05, 0) is 47.7 Å². The number of hydrogen-bond donors (Lipinski definition) is 2. The number of ether oxygens (including phenoxy) is 2. The van der Waals surface area contributed by atoms with Crippen LogP contribution in [0.5, 0.6) is 0 Å². The van der Waals surface area contributed by atoms with E-state index in [4.69, 9.17) is 9.47 Å². The van der Waals surface area contributed by atoms with Crippen molar-refractivity contribution in [3.63, 3.8) is 0 Å². The summed E-state index contributed by atoms with van der Waals surface area (Å²) in [5.74, 6) is -3.29. The highest BCUT2D eigenvalue weighted by Crippen LogP contribution is 2.55. The molecule has 4 heterocycles. The van der Waals surface area contributed by atoms with Gasteiger partial charge in [-0.1, -0.05) is 85.0 Å². The van der Waals surface area contributed by atoms with E-state index >= 15 is 0 Å². The zero-order valence-corrected chi connectivity index (χ0v) is 26.6. The van der Waals surface area contributed by atoms with Crippen molar-refractivity contribution in [1.29, 1.82) is 0 Å². The number of likely N-dealkylation sites (tertiary alicyclic amines) is 1. The smallest absolute Gasteiger partial charge is 0.306 e. The van der Waals surface area contributed by atoms with Gasteiger partial charge in [0.1, 0.15) is 18.2 Å². The normalized spacial score (nSPS) is 29.6. The van der Waals surface area contributed by atoms with Crippen LogP contribution in [0.1, 0.15) is 37.3 Å². The number of carbonyl (C=O) groups is 4. The predicted octanol–water partition coefficient (Wildman–Crippen LogP) is 3.85. The Morgan fingerprint density at radius 1 is 0.896 bits per heavy atom. The van der Waals surface area contributed by atoms with Crippen molar-refractivity contribution in [2.75, 3.05) is 31.2 Å². The molecule has 3 aromatic rings. The van der Waals surface area contributed by atoms with Crippen LogP contribution in [0.2, 0.25) is 0 Å². The summed E-state index contributed by atoms with van der Waals surface area (Å²) in [6.07, 6.45) is 8.07. The summed E-state index contributed by atoms with van der Waals surface area (Å²) in [4.78, 5) is 59.6. The Labute approximate surface area is 279 Å². The fourth-order valence-corrected chi connectivity index (χ4v) is 7.62. The van der Waals surface area contributed by atoms with Crippen LogP contribution in [-0.4, -0.2) is 77.7 Å². The zero-order chi connectivity index (χ0) is 33.3. The fourth-order valence-electron chi connectivity index (χ4n) is 7.62. The number of anilines is 1. The van der Waals surface area contributed by atoms with Crippen LogP contribution < -0.4 is 10.2 Å². The lowest BCUT2D eigenvalue weighted by Crippen LogP contribution is -2.56. The lowest BCUT2D eigenvalue weighted by Gasteiger charge is -2.36. The van der Waals surface area contributed by atoms with Crippen molar-refractivity contribution in [2.24, 2.45) is 11.8 Å². The van der Waals surface area contributed by atoms with Crippen molar-refractivity contribution < 1.29 is 33.8 Å². The second kappa shape index (κ2) is 13.4. The molecule has 4 aliphatic rings. The maximum Gasteiger partial charge on any atom is 0.306 e. The Morgan fingerprint density at radius 2 is 1.69 bits per heavy atom. The summed E-state index contributed by atoms with van der Waals surface area (Å²) >= 11 is 0. The van der Waals surface area contributed by atoms with E-state index in [1.54, 1.807) is 22.0 Å². The molecule has 3 aromatic carbocycles. The number of carbonyl (C=O) groups excluding carboxylic acids is 4. The second-order valence-corrected chi connectivity index (χ2v) is 12.8. The number of nitrogens with one attached hydrogen (secondary N) is 1. The standard InChI is InChI=1S/C38H39N3O7/c42-22-10-9-21-41-34-37(46)40(28-17-16-25-11-6-7-14-27(25)23-28)20-8-2-5-15-31(43)47-24-29(26-12-3-1-4-13-26)39-35(44)32-30-18-19-38(34,48-30)33(32)36(41)45/h1-4,6-8,11-14,16-19,23,29-30,32-34,42H,5,9-10,15,20-22,24H2,(H,39,44)/b8-2-/t29-,30-,32+,33+,34-,38+/m1/s1. The van der Waals surface area contributed by atoms with Gasteiger partial charge in [-0.25, -0.2) is 0 Å². The van der Waals surface area contributed by atoms with Gasteiger partial charge in [-0.2, -0.15) is 0 Å². The van der Waals surface area contributed by atoms with E-state index in [-0.39, 0.29) is 44.5 Å². The van der Waals surface area contributed by atoms with Gasteiger partial charge in [0.25, 0.3) is 5.91 Å². The summed E-state index contributed by atoms with van der Waals surface area (Å²) in [5.41, 5.74) is 0.0645. The summed E-state index contributed by atoms with van der Waals surface area (Å²) in [6, 6.07) is 21.3. The van der Waals surface area contributed by atoms with E-state index in [2.05, 4.69) is 5.32 Å². The number of allylic oxidation sites excluding steroid dienone is 1. The quantitative estimate of drug-likeness (QED) is 0.236. The number of esters is 1. The van der Waals surface area contributed by atoms with Gasteiger partial charge in [0.05, 0.1) is 24.0 Å². The molecule has 5 bridgehead atoms. The summed E-state index contributed by atoms with van der Waals surface area (Å²) in [6.45, 7) is 0.308. The Kier molecular flexibility index (Phi) is 8.85. The molecule has 0 aliphatic carbocycles. The van der Waals surface area contributed by atoms with Crippen LogP contribution in [0.4, 0.5) is 5.69 Å². The average molecular weight is 650 g/mol. The number of rotatable bonds is 6. The predicted molar refractivity (Wildman–Crippen MR) is 179 cm³/mol. The van der Waals surface area contributed by atoms with Crippen molar-refractivity contribution in [2.45, 2.75) is 49.5 Å². The number of aliphatic hydroxyl groups excluding tert-OH is 1. The largest absolute Gasteiger partial charge is 0.463 e. The Hall–Kier alpha value is -4.80. The molecule has 10 heteroatoms. The first-order chi connectivity index (χ1) is 23.4. The molecule has 0 aromatic heterocycles. The van der Waals surface area contributed by atoms with E-state index in [1.807, 2.05) is 84.9 Å². The van der Waals surface area contributed by atoms with Crippen LogP contribution in [0.3, 0.4) is 0 Å². The van der Waals surface area contributed by atoms with Gasteiger partial charge >= 0.3 is 5.97 Å². The minimum absolute atomic E-state index is 0.0435. The van der Waals surface area contributed by atoms with Crippen LogP contribution in [-0.2, 0) is 28.7 Å². The number of benzene rings is 3. The summed E-state index contributed by atoms with van der Waals surface area (Å²) in [5, 5.41) is 14.6. The maximum atomic E-state index is 15.0. The highest BCUT2D eigenvalue weighted by molar-refractivity contribution is 6.06. The number of aliphatic hydroxyl groups is 1. The van der Waals surface area contributed by atoms with Gasteiger partial charge in [-0.3, -0.25) is 19.2 Å². The number of nitrogens with zero attached hydrogens (tertiary/aromatic N) is 2. The molecule has 2 N–H and O–H groups in total. The topological polar surface area (TPSA) is 125 Å². The molecule has 0 saturated carbocycles. The number of fused-ring (bicyclic) bond motifs is 3. The number of hydrogen-bond acceptors (Lipinski definition) is 7. The SMILES string of the molecule is O=C1CC/C=C\CN(c2ccc3ccccc3c2)C(=O)[C@H]2N(CCCCO)C(=O)[C@@H]3[C@@H](C(=O)N[C@@H](c4ccccc4)CO1)[C@H]1C=C[C@]32O1. The van der Waals surface area contributed by atoms with Crippen molar-refractivity contribution in [3.05, 3.63) is 103 Å². The van der Waals surface area contributed by atoms with Crippen molar-refractivity contribution in [1.82, 2.24) is 10.2 Å². The molecule has 2 saturated heterocycles. The van der Waals surface area contributed by atoms with E-state index in [0.29, 0.717) is 24.9 Å². The van der Waals surface area contributed by atoms with E-state index in [0.717, 1.165) is 16.3 Å². The van der Waals surface area contributed by atoms with Gasteiger partial charge in [-0.15, -0.1) is 0 Å². The van der Waals surface area contributed by atoms with Crippen LogP contribution in [0, 0.1) is 11.8 Å². The molecule has 1 spiro atoms. The highest BCUT2D eigenvalue weighted by Gasteiger charge is 2.73. The highest BCUT2D eigenvalue weighted by atomic mass is 16.5. The lowest BCUT2D eigenvalue weighted by molar-refractivity contribution is -0.145. The monoisotopic (exact) mass is 649 g/mol. The van der Waals surface area contributed by atoms with Crippen LogP contribution in [0.25, 0.3) is 10.8 Å². The molecular weight excluding hydrogens is 610 g/mol. The molecule has 4 aliphatic heterocycles. The zero-order valence-electron chi connectivity index (χ0n) is 26.6.